The SMILES string of the molecule is NC(=S)N/N=C1/CCCC[C@H]1c1nccc2ccccc12. The van der Waals surface area contributed by atoms with E-state index in [1.54, 1.807) is 0 Å². The highest BCUT2D eigenvalue weighted by Gasteiger charge is 2.25. The van der Waals surface area contributed by atoms with Crippen LogP contribution in [0.25, 0.3) is 10.8 Å². The summed E-state index contributed by atoms with van der Waals surface area (Å²) in [6.07, 6.45) is 6.26. The van der Waals surface area contributed by atoms with Gasteiger partial charge < -0.3 is 5.73 Å². The third-order valence-corrected chi connectivity index (χ3v) is 4.01. The number of rotatable bonds is 2. The van der Waals surface area contributed by atoms with Crippen molar-refractivity contribution in [1.82, 2.24) is 10.4 Å². The Morgan fingerprint density at radius 1 is 1.29 bits per heavy atom. The minimum atomic E-state index is 0.206. The zero-order chi connectivity index (χ0) is 14.7. The molecule has 1 aliphatic carbocycles. The standard InChI is InChI=1S/C16H18N4S/c17-16(21)20-19-14-8-4-3-7-13(14)15-12-6-2-1-5-11(12)9-10-18-15/h1-2,5-6,9-10,13H,3-4,7-8H2,(H3,17,20,21)/b19-14-/t13-/m1/s1. The minimum Gasteiger partial charge on any atom is -0.375 e. The van der Waals surface area contributed by atoms with Crippen molar-refractivity contribution < 1.29 is 0 Å². The molecule has 4 nitrogen and oxygen atoms in total. The number of hydrazone groups is 1. The second kappa shape index (κ2) is 6.18. The van der Waals surface area contributed by atoms with E-state index in [0.29, 0.717) is 0 Å². The van der Waals surface area contributed by atoms with Crippen LogP contribution in [0.5, 0.6) is 0 Å². The van der Waals surface area contributed by atoms with Gasteiger partial charge in [0.1, 0.15) is 0 Å². The monoisotopic (exact) mass is 298 g/mol. The van der Waals surface area contributed by atoms with Gasteiger partial charge in [-0.25, -0.2) is 0 Å². The second-order valence-corrected chi connectivity index (χ2v) is 5.73. The van der Waals surface area contributed by atoms with E-state index in [2.05, 4.69) is 39.8 Å². The average molecular weight is 298 g/mol. The van der Waals surface area contributed by atoms with Crippen molar-refractivity contribution in [1.29, 1.82) is 0 Å². The lowest BCUT2D eigenvalue weighted by molar-refractivity contribution is 0.602. The van der Waals surface area contributed by atoms with Gasteiger partial charge >= 0.3 is 0 Å². The van der Waals surface area contributed by atoms with Gasteiger partial charge in [-0.3, -0.25) is 10.4 Å². The number of hydrogen-bond donors (Lipinski definition) is 2. The maximum absolute atomic E-state index is 5.48. The Labute approximate surface area is 129 Å². The fourth-order valence-corrected chi connectivity index (χ4v) is 3.02. The van der Waals surface area contributed by atoms with Gasteiger partial charge in [-0.15, -0.1) is 0 Å². The van der Waals surface area contributed by atoms with Gasteiger partial charge in [-0.05, 0) is 42.9 Å². The molecule has 1 fully saturated rings. The molecule has 1 aromatic heterocycles. The van der Waals surface area contributed by atoms with Crippen molar-refractivity contribution in [3.05, 3.63) is 42.2 Å². The zero-order valence-corrected chi connectivity index (χ0v) is 12.6. The van der Waals surface area contributed by atoms with Gasteiger partial charge in [0.15, 0.2) is 5.11 Å². The van der Waals surface area contributed by atoms with Crippen molar-refractivity contribution in [3.63, 3.8) is 0 Å². The molecule has 1 saturated carbocycles. The molecule has 0 radical (unpaired) electrons. The summed E-state index contributed by atoms with van der Waals surface area (Å²) in [6.45, 7) is 0. The van der Waals surface area contributed by atoms with Gasteiger partial charge in [0, 0.05) is 23.2 Å². The maximum Gasteiger partial charge on any atom is 0.184 e. The van der Waals surface area contributed by atoms with Crippen molar-refractivity contribution >= 4 is 33.8 Å². The number of thiocarbonyl (C=S) groups is 1. The van der Waals surface area contributed by atoms with E-state index in [1.807, 2.05) is 12.3 Å². The molecule has 3 N–H and O–H groups in total. The molecular weight excluding hydrogens is 280 g/mol. The summed E-state index contributed by atoms with van der Waals surface area (Å²) in [6, 6.07) is 10.4. The highest BCUT2D eigenvalue weighted by molar-refractivity contribution is 7.80. The summed E-state index contributed by atoms with van der Waals surface area (Å²) in [7, 11) is 0. The Kier molecular flexibility index (Phi) is 4.10. The molecule has 108 valence electrons. The van der Waals surface area contributed by atoms with E-state index < -0.39 is 0 Å². The summed E-state index contributed by atoms with van der Waals surface area (Å²) in [5.41, 5.74) is 10.4. The summed E-state index contributed by atoms with van der Waals surface area (Å²) < 4.78 is 0. The quantitative estimate of drug-likeness (QED) is 0.660. The fourth-order valence-electron chi connectivity index (χ4n) is 2.97. The third-order valence-electron chi connectivity index (χ3n) is 3.92. The highest BCUT2D eigenvalue weighted by Crippen LogP contribution is 2.33. The summed E-state index contributed by atoms with van der Waals surface area (Å²) in [5.74, 6) is 0.242. The van der Waals surface area contributed by atoms with E-state index in [4.69, 9.17) is 18.0 Å². The Balaban J connectivity index is 2.02. The normalized spacial score (nSPS) is 20.6. The van der Waals surface area contributed by atoms with Crippen LogP contribution in [0.3, 0.4) is 0 Å². The molecule has 3 rings (SSSR count). The largest absolute Gasteiger partial charge is 0.375 e. The molecule has 0 spiro atoms. The van der Waals surface area contributed by atoms with Crippen LogP contribution in [0, 0.1) is 0 Å². The third kappa shape index (κ3) is 3.03. The first kappa shape index (κ1) is 13.9. The van der Waals surface area contributed by atoms with Gasteiger partial charge in [0.05, 0.1) is 5.69 Å². The van der Waals surface area contributed by atoms with E-state index >= 15 is 0 Å². The molecule has 0 saturated heterocycles. The van der Waals surface area contributed by atoms with Crippen molar-refractivity contribution in [2.75, 3.05) is 0 Å². The molecule has 0 unspecified atom stereocenters. The van der Waals surface area contributed by atoms with E-state index in [1.165, 1.54) is 17.2 Å². The van der Waals surface area contributed by atoms with E-state index in [0.717, 1.165) is 30.7 Å². The lowest BCUT2D eigenvalue weighted by atomic mass is 9.83. The molecule has 1 heterocycles. The van der Waals surface area contributed by atoms with Crippen LogP contribution in [0.4, 0.5) is 0 Å². The van der Waals surface area contributed by atoms with Crippen LogP contribution in [-0.4, -0.2) is 15.8 Å². The lowest BCUT2D eigenvalue weighted by Crippen LogP contribution is -2.28. The summed E-state index contributed by atoms with van der Waals surface area (Å²) in [5, 5.41) is 7.03. The predicted molar refractivity (Wildman–Crippen MR) is 90.3 cm³/mol. The molecule has 5 heteroatoms. The fraction of sp³-hybridized carbons (Fsp3) is 0.312. The Bertz CT molecular complexity index is 690. The molecule has 21 heavy (non-hydrogen) atoms. The number of benzene rings is 1. The summed E-state index contributed by atoms with van der Waals surface area (Å²) >= 11 is 4.84. The van der Waals surface area contributed by atoms with Gasteiger partial charge in [-0.1, -0.05) is 30.7 Å². The molecule has 0 amide bonds. The number of nitrogens with two attached hydrogens (primary N) is 1. The van der Waals surface area contributed by atoms with Crippen molar-refractivity contribution in [3.8, 4) is 0 Å². The van der Waals surface area contributed by atoms with Crippen molar-refractivity contribution in [2.24, 2.45) is 10.8 Å². The molecule has 1 atom stereocenters. The summed E-state index contributed by atoms with van der Waals surface area (Å²) in [4.78, 5) is 4.64. The smallest absolute Gasteiger partial charge is 0.184 e. The van der Waals surface area contributed by atoms with Gasteiger partial charge in [-0.2, -0.15) is 5.10 Å². The van der Waals surface area contributed by atoms with Crippen LogP contribution >= 0.6 is 12.2 Å². The average Bonchev–Trinajstić information content (AvgIpc) is 2.53. The Morgan fingerprint density at radius 2 is 2.14 bits per heavy atom. The number of aromatic nitrogens is 1. The molecule has 1 aliphatic rings. The first-order valence-corrected chi connectivity index (χ1v) is 7.62. The van der Waals surface area contributed by atoms with Crippen LogP contribution in [0.1, 0.15) is 37.3 Å². The zero-order valence-electron chi connectivity index (χ0n) is 11.7. The van der Waals surface area contributed by atoms with Crippen LogP contribution in [0.2, 0.25) is 0 Å². The van der Waals surface area contributed by atoms with E-state index in [-0.39, 0.29) is 11.0 Å². The maximum atomic E-state index is 5.48. The Morgan fingerprint density at radius 3 is 3.00 bits per heavy atom. The predicted octanol–water partition coefficient (Wildman–Crippen LogP) is 3.08. The highest BCUT2D eigenvalue weighted by atomic mass is 32.1. The van der Waals surface area contributed by atoms with Crippen LogP contribution in [-0.2, 0) is 0 Å². The molecule has 1 aromatic carbocycles. The van der Waals surface area contributed by atoms with E-state index in [9.17, 15) is 0 Å². The van der Waals surface area contributed by atoms with Gasteiger partial charge in [0.25, 0.3) is 0 Å². The topological polar surface area (TPSA) is 63.3 Å². The van der Waals surface area contributed by atoms with Crippen LogP contribution in [0.15, 0.2) is 41.6 Å². The number of pyridine rings is 1. The molecule has 0 aliphatic heterocycles. The first-order valence-electron chi connectivity index (χ1n) is 7.21. The van der Waals surface area contributed by atoms with Gasteiger partial charge in [0.2, 0.25) is 0 Å². The lowest BCUT2D eigenvalue weighted by Gasteiger charge is -2.24. The molecular formula is C16H18N4S. The second-order valence-electron chi connectivity index (χ2n) is 5.29. The number of nitrogens with one attached hydrogen (secondary N) is 1. The van der Waals surface area contributed by atoms with Crippen molar-refractivity contribution in [2.45, 2.75) is 31.6 Å². The van der Waals surface area contributed by atoms with Crippen LogP contribution < -0.4 is 11.2 Å². The first-order chi connectivity index (χ1) is 10.3. The minimum absolute atomic E-state index is 0.206. The molecule has 2 aromatic rings. The number of fused-ring (bicyclic) bond motifs is 1. The number of hydrogen-bond acceptors (Lipinski definition) is 3. The number of nitrogens with zero attached hydrogens (tertiary/aromatic N) is 2. The Hall–Kier alpha value is -2.01. The molecule has 0 bridgehead atoms.